The first kappa shape index (κ1) is 10.3. The first-order valence-corrected chi connectivity index (χ1v) is 7.59. The molecule has 2 nitrogen and oxygen atoms in total. The van der Waals surface area contributed by atoms with Crippen LogP contribution < -0.4 is 0 Å². The average Bonchev–Trinajstić information content (AvgIpc) is 2.03. The topological polar surface area (TPSA) is 18.5 Å². The summed E-state index contributed by atoms with van der Waals surface area (Å²) >= 11 is 0. The lowest BCUT2D eigenvalue weighted by Crippen LogP contribution is -2.41. The number of rotatable bonds is 1. The third kappa shape index (κ3) is 1.60. The van der Waals surface area contributed by atoms with Gasteiger partial charge in [0.25, 0.3) is 0 Å². The summed E-state index contributed by atoms with van der Waals surface area (Å²) in [4.78, 5) is 0. The van der Waals surface area contributed by atoms with Crippen LogP contribution in [0.25, 0.3) is 0 Å². The second kappa shape index (κ2) is 2.86. The SMILES string of the molecule is C[SiH](C)B1OC(C)(C)C(C)(C)O1. The van der Waals surface area contributed by atoms with Gasteiger partial charge < -0.3 is 9.31 Å². The normalized spacial score (nSPS) is 26.8. The van der Waals surface area contributed by atoms with Gasteiger partial charge >= 0.3 is 6.71 Å². The highest BCUT2D eigenvalue weighted by Gasteiger charge is 2.51. The predicted octanol–water partition coefficient (Wildman–Crippen LogP) is 1.64. The molecule has 0 amide bonds. The van der Waals surface area contributed by atoms with Crippen molar-refractivity contribution in [1.29, 1.82) is 0 Å². The van der Waals surface area contributed by atoms with Crippen molar-refractivity contribution >= 4 is 15.4 Å². The van der Waals surface area contributed by atoms with Crippen LogP contribution in [-0.2, 0) is 9.31 Å². The van der Waals surface area contributed by atoms with Crippen LogP contribution in [-0.4, -0.2) is 26.6 Å². The van der Waals surface area contributed by atoms with E-state index < -0.39 is 8.67 Å². The Bertz CT molecular complexity index is 164. The van der Waals surface area contributed by atoms with Gasteiger partial charge in [0.1, 0.15) is 0 Å². The minimum absolute atomic E-state index is 0.0926. The molecule has 1 fully saturated rings. The Morgan fingerprint density at radius 2 is 1.25 bits per heavy atom. The molecule has 70 valence electrons. The molecule has 0 unspecified atom stereocenters. The van der Waals surface area contributed by atoms with Crippen LogP contribution in [0.4, 0.5) is 0 Å². The molecule has 0 saturated carbocycles. The van der Waals surface area contributed by atoms with E-state index in [1.54, 1.807) is 0 Å². The van der Waals surface area contributed by atoms with Gasteiger partial charge in [0.2, 0.25) is 0 Å². The van der Waals surface area contributed by atoms with Crippen LogP contribution in [0.5, 0.6) is 0 Å². The Balaban J connectivity index is 2.74. The van der Waals surface area contributed by atoms with Crippen molar-refractivity contribution in [1.82, 2.24) is 0 Å². The van der Waals surface area contributed by atoms with E-state index in [1.165, 1.54) is 0 Å². The standard InChI is InChI=1S/C8H19BO2Si/c1-7(2)8(3,4)11-9(10-7)12(5)6/h12H,1-6H3. The maximum absolute atomic E-state index is 5.86. The van der Waals surface area contributed by atoms with Gasteiger partial charge in [-0.2, -0.15) is 0 Å². The van der Waals surface area contributed by atoms with Crippen LogP contribution in [0.2, 0.25) is 13.1 Å². The molecule has 0 aromatic heterocycles. The van der Waals surface area contributed by atoms with E-state index in [4.69, 9.17) is 9.31 Å². The molecule has 1 aliphatic rings. The van der Waals surface area contributed by atoms with Gasteiger partial charge in [-0.1, -0.05) is 13.1 Å². The maximum atomic E-state index is 5.86. The highest BCUT2D eigenvalue weighted by Crippen LogP contribution is 2.37. The molecule has 1 saturated heterocycles. The highest BCUT2D eigenvalue weighted by atomic mass is 28.3. The first-order chi connectivity index (χ1) is 5.26. The highest BCUT2D eigenvalue weighted by molar-refractivity contribution is 7.16. The van der Waals surface area contributed by atoms with Crippen molar-refractivity contribution in [2.75, 3.05) is 0 Å². The Morgan fingerprint density at radius 3 is 1.42 bits per heavy atom. The summed E-state index contributed by atoms with van der Waals surface area (Å²) in [5.74, 6) is 0. The smallest absolute Gasteiger partial charge is 0.406 e. The molecule has 0 aliphatic carbocycles. The van der Waals surface area contributed by atoms with Crippen molar-refractivity contribution in [3.05, 3.63) is 0 Å². The van der Waals surface area contributed by atoms with Crippen LogP contribution >= 0.6 is 0 Å². The Morgan fingerprint density at radius 1 is 0.917 bits per heavy atom. The summed E-state index contributed by atoms with van der Waals surface area (Å²) in [6.07, 6.45) is 0. The van der Waals surface area contributed by atoms with Gasteiger partial charge in [-0.15, -0.1) is 0 Å². The minimum Gasteiger partial charge on any atom is -0.406 e. The molecule has 1 aliphatic heterocycles. The molecule has 0 aromatic carbocycles. The summed E-state index contributed by atoms with van der Waals surface area (Å²) in [6.45, 7) is 13.0. The minimum atomic E-state index is -0.832. The fraction of sp³-hybridized carbons (Fsp3) is 1.00. The first-order valence-electron chi connectivity index (χ1n) is 4.62. The molecule has 0 aromatic rings. The van der Waals surface area contributed by atoms with E-state index in [2.05, 4.69) is 40.8 Å². The summed E-state index contributed by atoms with van der Waals surface area (Å²) in [5, 5.41) is 0. The average molecular weight is 186 g/mol. The van der Waals surface area contributed by atoms with Gasteiger partial charge in [0.15, 0.2) is 0 Å². The van der Waals surface area contributed by atoms with Crippen LogP contribution in [0.15, 0.2) is 0 Å². The van der Waals surface area contributed by atoms with Crippen molar-refractivity contribution in [3.63, 3.8) is 0 Å². The number of hydrogen-bond acceptors (Lipinski definition) is 2. The molecular weight excluding hydrogens is 167 g/mol. The van der Waals surface area contributed by atoms with Crippen LogP contribution in [0.3, 0.4) is 0 Å². The lowest BCUT2D eigenvalue weighted by Gasteiger charge is -2.32. The van der Waals surface area contributed by atoms with Gasteiger partial charge in [0, 0.05) is 0 Å². The van der Waals surface area contributed by atoms with Crippen molar-refractivity contribution in [2.45, 2.75) is 52.0 Å². The molecule has 0 atom stereocenters. The van der Waals surface area contributed by atoms with Gasteiger partial charge in [-0.05, 0) is 27.7 Å². The lowest BCUT2D eigenvalue weighted by atomic mass is 9.90. The zero-order chi connectivity index (χ0) is 9.57. The van der Waals surface area contributed by atoms with Crippen molar-refractivity contribution in [2.24, 2.45) is 0 Å². The third-order valence-electron chi connectivity index (χ3n) is 2.82. The fourth-order valence-corrected chi connectivity index (χ4v) is 2.39. The van der Waals surface area contributed by atoms with E-state index >= 15 is 0 Å². The molecular formula is C8H19BO2Si. The van der Waals surface area contributed by atoms with Crippen molar-refractivity contribution < 1.29 is 9.31 Å². The Labute approximate surface area is 77.3 Å². The molecule has 0 spiro atoms. The summed E-state index contributed by atoms with van der Waals surface area (Å²) in [7, 11) is -0.832. The van der Waals surface area contributed by atoms with E-state index in [-0.39, 0.29) is 17.9 Å². The van der Waals surface area contributed by atoms with Crippen LogP contribution in [0, 0.1) is 0 Å². The lowest BCUT2D eigenvalue weighted by molar-refractivity contribution is 0.00578. The number of hydrogen-bond donors (Lipinski definition) is 0. The second-order valence-electron chi connectivity index (χ2n) is 4.87. The molecule has 1 rings (SSSR count). The molecule has 0 bridgehead atoms. The molecule has 4 heteroatoms. The van der Waals surface area contributed by atoms with E-state index in [1.807, 2.05) is 0 Å². The molecule has 1 heterocycles. The molecule has 0 N–H and O–H groups in total. The van der Waals surface area contributed by atoms with E-state index in [0.717, 1.165) is 0 Å². The maximum Gasteiger partial charge on any atom is 0.428 e. The molecule has 0 radical (unpaired) electrons. The van der Waals surface area contributed by atoms with E-state index in [9.17, 15) is 0 Å². The zero-order valence-corrected chi connectivity index (χ0v) is 10.1. The largest absolute Gasteiger partial charge is 0.428 e. The summed E-state index contributed by atoms with van der Waals surface area (Å²) in [5.41, 5.74) is -0.288. The predicted molar refractivity (Wildman–Crippen MR) is 55.0 cm³/mol. The Kier molecular flexibility index (Phi) is 2.45. The monoisotopic (exact) mass is 186 g/mol. The van der Waals surface area contributed by atoms with Gasteiger partial charge in [-0.25, -0.2) is 0 Å². The van der Waals surface area contributed by atoms with E-state index in [0.29, 0.717) is 0 Å². The summed E-state index contributed by atoms with van der Waals surface area (Å²) < 4.78 is 11.7. The van der Waals surface area contributed by atoms with Crippen LogP contribution in [0.1, 0.15) is 27.7 Å². The van der Waals surface area contributed by atoms with Gasteiger partial charge in [-0.3, -0.25) is 0 Å². The summed E-state index contributed by atoms with van der Waals surface area (Å²) in [6, 6.07) is 0. The molecule has 12 heavy (non-hydrogen) atoms. The second-order valence-corrected chi connectivity index (χ2v) is 7.90. The van der Waals surface area contributed by atoms with Gasteiger partial charge in [0.05, 0.1) is 19.9 Å². The Hall–Kier alpha value is 0.202. The van der Waals surface area contributed by atoms with Crippen molar-refractivity contribution in [3.8, 4) is 0 Å². The quantitative estimate of drug-likeness (QED) is 0.579. The zero-order valence-electron chi connectivity index (χ0n) is 8.97. The fourth-order valence-electron chi connectivity index (χ4n) is 1.16. The third-order valence-corrected chi connectivity index (χ3v) is 4.18.